The molecule has 8 heteroatoms. The van der Waals surface area contributed by atoms with Gasteiger partial charge in [-0.25, -0.2) is 9.98 Å². The van der Waals surface area contributed by atoms with Gasteiger partial charge in [-0.15, -0.1) is 0 Å². The van der Waals surface area contributed by atoms with Gasteiger partial charge in [-0.3, -0.25) is 4.79 Å². The van der Waals surface area contributed by atoms with Crippen molar-refractivity contribution in [2.45, 2.75) is 0 Å². The number of nitrogens with zero attached hydrogens (tertiary/aromatic N) is 2. The number of phenolic OH excluding ortho intramolecular Hbond substituents is 2. The van der Waals surface area contributed by atoms with Crippen LogP contribution in [0, 0.1) is 0 Å². The van der Waals surface area contributed by atoms with E-state index in [0.29, 0.717) is 26.5 Å². The lowest BCUT2D eigenvalue weighted by Crippen LogP contribution is -2.19. The molecule has 1 aromatic carbocycles. The van der Waals surface area contributed by atoms with Gasteiger partial charge in [0.25, 0.3) is 5.91 Å². The van der Waals surface area contributed by atoms with Crippen molar-refractivity contribution in [2.24, 2.45) is 4.99 Å². The average molecular weight is 348 g/mol. The summed E-state index contributed by atoms with van der Waals surface area (Å²) in [5, 5.41) is 22.5. The van der Waals surface area contributed by atoms with Gasteiger partial charge in [-0.2, -0.15) is 0 Å². The molecule has 1 aliphatic heterocycles. The Hall–Kier alpha value is -2.51. The monoisotopic (exact) mass is 347 g/mol. The van der Waals surface area contributed by atoms with Gasteiger partial charge in [0.2, 0.25) is 0 Å². The molecule has 0 radical (unpaired) electrons. The molecule has 0 aliphatic carbocycles. The number of aromatic nitrogens is 1. The van der Waals surface area contributed by atoms with Crippen molar-refractivity contribution in [2.75, 3.05) is 0 Å². The molecule has 2 heterocycles. The number of amides is 1. The molecule has 3 rings (SSSR count). The minimum atomic E-state index is -0.324. The highest BCUT2D eigenvalue weighted by Crippen LogP contribution is 2.31. The molecule has 0 bridgehead atoms. The van der Waals surface area contributed by atoms with Crippen LogP contribution in [-0.2, 0) is 4.79 Å². The maximum Gasteiger partial charge on any atom is 0.264 e. The summed E-state index contributed by atoms with van der Waals surface area (Å²) in [5.74, 6) is -0.0685. The summed E-state index contributed by atoms with van der Waals surface area (Å²) in [6.07, 6.45) is 2.99. The first-order chi connectivity index (χ1) is 11.0. The average Bonchev–Trinajstić information content (AvgIpc) is 2.84. The number of aliphatic imine (C=N–C) groups is 1. The van der Waals surface area contributed by atoms with E-state index >= 15 is 0 Å². The highest BCUT2D eigenvalue weighted by Gasteiger charge is 2.24. The van der Waals surface area contributed by atoms with Crippen molar-refractivity contribution in [1.29, 1.82) is 0 Å². The maximum absolute atomic E-state index is 12.0. The first-order valence-electron chi connectivity index (χ1n) is 6.44. The zero-order valence-corrected chi connectivity index (χ0v) is 13.1. The predicted molar refractivity (Wildman–Crippen MR) is 89.8 cm³/mol. The van der Waals surface area contributed by atoms with Crippen LogP contribution >= 0.6 is 23.4 Å². The van der Waals surface area contributed by atoms with E-state index in [9.17, 15) is 15.0 Å². The fourth-order valence-corrected chi connectivity index (χ4v) is 2.75. The second-order valence-electron chi connectivity index (χ2n) is 4.56. The van der Waals surface area contributed by atoms with Crippen LogP contribution in [0.2, 0.25) is 5.02 Å². The van der Waals surface area contributed by atoms with Crippen LogP contribution in [0.25, 0.3) is 6.08 Å². The summed E-state index contributed by atoms with van der Waals surface area (Å²) in [5.41, 5.74) is 0.423. The Morgan fingerprint density at radius 1 is 1.26 bits per heavy atom. The summed E-state index contributed by atoms with van der Waals surface area (Å²) in [6.45, 7) is 0. The number of pyridine rings is 1. The number of hydrogen-bond acceptors (Lipinski definition) is 6. The molecule has 0 spiro atoms. The Morgan fingerprint density at radius 2 is 2.09 bits per heavy atom. The van der Waals surface area contributed by atoms with E-state index in [1.54, 1.807) is 12.1 Å². The van der Waals surface area contributed by atoms with Crippen LogP contribution < -0.4 is 5.32 Å². The van der Waals surface area contributed by atoms with Crippen LogP contribution in [0.4, 0.5) is 5.82 Å². The van der Waals surface area contributed by atoms with Crippen molar-refractivity contribution in [3.05, 3.63) is 52.0 Å². The molecular formula is C15H10ClN3O3S. The lowest BCUT2D eigenvalue weighted by Gasteiger charge is -2.00. The Bertz CT molecular complexity index is 834. The van der Waals surface area contributed by atoms with Crippen LogP contribution in [0.3, 0.4) is 0 Å². The Balaban J connectivity index is 1.84. The van der Waals surface area contributed by atoms with E-state index in [1.807, 2.05) is 0 Å². The molecule has 1 fully saturated rings. The molecule has 1 aromatic heterocycles. The van der Waals surface area contributed by atoms with Gasteiger partial charge in [0.1, 0.15) is 11.5 Å². The quantitative estimate of drug-likeness (QED) is 0.726. The van der Waals surface area contributed by atoms with Crippen LogP contribution in [0.1, 0.15) is 5.56 Å². The van der Waals surface area contributed by atoms with Crippen molar-refractivity contribution in [3.8, 4) is 11.5 Å². The molecule has 3 N–H and O–H groups in total. The Morgan fingerprint density at radius 3 is 2.78 bits per heavy atom. The largest absolute Gasteiger partial charge is 0.508 e. The third-order valence-corrected chi connectivity index (χ3v) is 4.01. The third kappa shape index (κ3) is 3.64. The van der Waals surface area contributed by atoms with E-state index in [2.05, 4.69) is 15.3 Å². The predicted octanol–water partition coefficient (Wildman–Crippen LogP) is 3.04. The molecule has 1 amide bonds. The lowest BCUT2D eigenvalue weighted by atomic mass is 10.2. The summed E-state index contributed by atoms with van der Waals surface area (Å²) in [6, 6.07) is 7.43. The molecule has 23 heavy (non-hydrogen) atoms. The molecule has 2 aromatic rings. The highest BCUT2D eigenvalue weighted by molar-refractivity contribution is 8.18. The van der Waals surface area contributed by atoms with Gasteiger partial charge >= 0.3 is 0 Å². The number of amidine groups is 1. The minimum absolute atomic E-state index is 0.0516. The number of hydrogen-bond donors (Lipinski definition) is 3. The number of carbonyl (C=O) groups excluding carboxylic acids is 1. The number of halogens is 1. The summed E-state index contributed by atoms with van der Waals surface area (Å²) in [4.78, 5) is 20.6. The molecule has 0 atom stereocenters. The molecule has 1 aliphatic rings. The second kappa shape index (κ2) is 6.31. The van der Waals surface area contributed by atoms with E-state index in [1.165, 1.54) is 30.5 Å². The standard InChI is InChI=1S/C15H10ClN3O3S/c16-9-2-4-13(17-7-9)18-15-19-14(22)12(23-15)5-8-1-3-10(20)6-11(8)21/h1-7,20-21H,(H,17,18,19,22)/b12-5-. The van der Waals surface area contributed by atoms with Crippen molar-refractivity contribution in [1.82, 2.24) is 10.3 Å². The van der Waals surface area contributed by atoms with E-state index < -0.39 is 0 Å². The zero-order valence-electron chi connectivity index (χ0n) is 11.5. The number of aromatic hydroxyl groups is 2. The Labute approximate surface area is 140 Å². The number of thioether (sulfide) groups is 1. The third-order valence-electron chi connectivity index (χ3n) is 2.88. The van der Waals surface area contributed by atoms with Gasteiger partial charge in [-0.05, 0) is 42.1 Å². The summed E-state index contributed by atoms with van der Waals surface area (Å²) >= 11 is 6.88. The molecular weight excluding hydrogens is 338 g/mol. The number of nitrogens with one attached hydrogen (secondary N) is 1. The SMILES string of the molecule is O=C1NC(=Nc2ccc(Cl)cn2)S/C1=C\c1ccc(O)cc1O. The van der Waals surface area contributed by atoms with Crippen LogP contribution in [0.15, 0.2) is 46.4 Å². The van der Waals surface area contributed by atoms with Gasteiger partial charge in [0.15, 0.2) is 11.0 Å². The minimum Gasteiger partial charge on any atom is -0.508 e. The van der Waals surface area contributed by atoms with E-state index in [0.717, 1.165) is 11.8 Å². The lowest BCUT2D eigenvalue weighted by molar-refractivity contribution is -0.115. The molecule has 6 nitrogen and oxygen atoms in total. The fourth-order valence-electron chi connectivity index (χ4n) is 1.81. The first kappa shape index (κ1) is 15.4. The number of benzene rings is 1. The van der Waals surface area contributed by atoms with Gasteiger partial charge in [-0.1, -0.05) is 11.6 Å². The van der Waals surface area contributed by atoms with E-state index in [4.69, 9.17) is 11.6 Å². The van der Waals surface area contributed by atoms with Gasteiger partial charge < -0.3 is 15.5 Å². The normalized spacial score (nSPS) is 17.7. The fraction of sp³-hybridized carbons (Fsp3) is 0. The topological polar surface area (TPSA) is 94.8 Å². The summed E-state index contributed by atoms with van der Waals surface area (Å²) in [7, 11) is 0. The molecule has 116 valence electrons. The van der Waals surface area contributed by atoms with Gasteiger partial charge in [0.05, 0.1) is 9.93 Å². The number of rotatable bonds is 2. The molecule has 0 saturated carbocycles. The molecule has 1 saturated heterocycles. The first-order valence-corrected chi connectivity index (χ1v) is 7.64. The van der Waals surface area contributed by atoms with Crippen LogP contribution in [0.5, 0.6) is 11.5 Å². The number of phenols is 2. The van der Waals surface area contributed by atoms with Crippen molar-refractivity contribution in [3.63, 3.8) is 0 Å². The summed E-state index contributed by atoms with van der Waals surface area (Å²) < 4.78 is 0. The Kier molecular flexibility index (Phi) is 4.22. The molecule has 0 unspecified atom stereocenters. The smallest absolute Gasteiger partial charge is 0.264 e. The highest BCUT2D eigenvalue weighted by atomic mass is 35.5. The van der Waals surface area contributed by atoms with Crippen molar-refractivity contribution >= 4 is 46.3 Å². The van der Waals surface area contributed by atoms with Crippen LogP contribution in [-0.4, -0.2) is 26.3 Å². The van der Waals surface area contributed by atoms with Crippen molar-refractivity contribution < 1.29 is 15.0 Å². The zero-order chi connectivity index (χ0) is 16.4. The second-order valence-corrected chi connectivity index (χ2v) is 6.03. The van der Waals surface area contributed by atoms with E-state index in [-0.39, 0.29) is 17.4 Å². The maximum atomic E-state index is 12.0. The number of carbonyl (C=O) groups is 1. The van der Waals surface area contributed by atoms with Gasteiger partial charge in [0, 0.05) is 17.8 Å².